The van der Waals surface area contributed by atoms with Crippen molar-refractivity contribution in [2.75, 3.05) is 0 Å². The Labute approximate surface area is 179 Å². The third-order valence-corrected chi connectivity index (χ3v) is 4.30. The summed E-state index contributed by atoms with van der Waals surface area (Å²) in [4.78, 5) is 29.1. The number of nitrogens with zero attached hydrogens (tertiary/aromatic N) is 4. The molecular weight excluding hydrogens is 428 g/mol. The summed E-state index contributed by atoms with van der Waals surface area (Å²) >= 11 is 6.02. The van der Waals surface area contributed by atoms with Gasteiger partial charge in [0.1, 0.15) is 11.5 Å². The number of benzene rings is 3. The molecule has 0 heterocycles. The van der Waals surface area contributed by atoms with Crippen molar-refractivity contribution in [1.82, 2.24) is 0 Å². The summed E-state index contributed by atoms with van der Waals surface area (Å²) in [6.07, 6.45) is 2.45. The lowest BCUT2D eigenvalue weighted by Crippen LogP contribution is -1.91. The third kappa shape index (κ3) is 5.19. The Morgan fingerprint density at radius 3 is 1.71 bits per heavy atom. The first kappa shape index (κ1) is 21.4. The smallest absolute Gasteiger partial charge is 0.270 e. The zero-order valence-electron chi connectivity index (χ0n) is 15.5. The first-order valence-electron chi connectivity index (χ1n) is 8.57. The molecule has 0 saturated carbocycles. The number of hydrogen-bond donors (Lipinski definition) is 2. The number of rotatable bonds is 6. The molecular formula is C20H13ClN4O6. The number of phenolic OH excluding ortho intramolecular Hbond substituents is 2. The van der Waals surface area contributed by atoms with Crippen molar-refractivity contribution >= 4 is 46.8 Å². The molecule has 0 aromatic heterocycles. The summed E-state index contributed by atoms with van der Waals surface area (Å²) in [5, 5.41) is 42.0. The molecule has 3 rings (SSSR count). The number of halogens is 1. The number of phenols is 2. The highest BCUT2D eigenvalue weighted by atomic mass is 35.5. The molecule has 10 nitrogen and oxygen atoms in total. The van der Waals surface area contributed by atoms with Crippen molar-refractivity contribution in [3.63, 3.8) is 0 Å². The van der Waals surface area contributed by atoms with Crippen molar-refractivity contribution in [3.05, 3.63) is 91.0 Å². The van der Waals surface area contributed by atoms with Crippen LogP contribution in [0.5, 0.6) is 11.5 Å². The van der Waals surface area contributed by atoms with E-state index in [-0.39, 0.29) is 39.7 Å². The normalized spacial score (nSPS) is 11.3. The van der Waals surface area contributed by atoms with Crippen LogP contribution in [0.2, 0.25) is 5.02 Å². The summed E-state index contributed by atoms with van der Waals surface area (Å²) in [6, 6.07) is 11.6. The van der Waals surface area contributed by atoms with E-state index >= 15 is 0 Å². The first-order valence-corrected chi connectivity index (χ1v) is 8.95. The molecule has 3 aromatic carbocycles. The topological polar surface area (TPSA) is 151 Å². The fourth-order valence-electron chi connectivity index (χ4n) is 2.51. The second kappa shape index (κ2) is 9.01. The largest absolute Gasteiger partial charge is 0.507 e. The van der Waals surface area contributed by atoms with Gasteiger partial charge in [-0.3, -0.25) is 30.2 Å². The second-order valence-corrected chi connectivity index (χ2v) is 6.59. The fourth-order valence-corrected chi connectivity index (χ4v) is 2.67. The van der Waals surface area contributed by atoms with E-state index in [4.69, 9.17) is 11.6 Å². The van der Waals surface area contributed by atoms with Crippen molar-refractivity contribution in [3.8, 4) is 11.5 Å². The molecule has 156 valence electrons. The first-order chi connectivity index (χ1) is 14.7. The van der Waals surface area contributed by atoms with Crippen LogP contribution in [0.4, 0.5) is 22.7 Å². The van der Waals surface area contributed by atoms with Gasteiger partial charge in [0.25, 0.3) is 11.4 Å². The highest BCUT2D eigenvalue weighted by Gasteiger charge is 2.11. The van der Waals surface area contributed by atoms with E-state index in [1.54, 1.807) is 6.07 Å². The summed E-state index contributed by atoms with van der Waals surface area (Å²) in [6.45, 7) is 0. The molecule has 31 heavy (non-hydrogen) atoms. The number of non-ortho nitro benzene ring substituents is 2. The van der Waals surface area contributed by atoms with Crippen LogP contribution in [0.15, 0.2) is 64.6 Å². The van der Waals surface area contributed by atoms with Gasteiger partial charge >= 0.3 is 0 Å². The molecule has 0 aliphatic rings. The van der Waals surface area contributed by atoms with Crippen LogP contribution in [0.25, 0.3) is 0 Å². The van der Waals surface area contributed by atoms with E-state index in [2.05, 4.69) is 9.98 Å². The monoisotopic (exact) mass is 440 g/mol. The lowest BCUT2D eigenvalue weighted by Gasteiger charge is -2.03. The lowest BCUT2D eigenvalue weighted by atomic mass is 10.2. The Balaban J connectivity index is 1.97. The number of nitro benzene ring substituents is 2. The van der Waals surface area contributed by atoms with Crippen molar-refractivity contribution in [1.29, 1.82) is 0 Å². The van der Waals surface area contributed by atoms with Crippen LogP contribution in [0.1, 0.15) is 11.1 Å². The molecule has 0 fully saturated rings. The average Bonchev–Trinajstić information content (AvgIpc) is 2.73. The SMILES string of the molecule is O=[N+]([O-])c1ccc(O)c(C=Nc2ccc(Cl)cc2N=Cc2cc([N+](=O)[O-])ccc2O)c1. The zero-order chi connectivity index (χ0) is 22.5. The van der Waals surface area contributed by atoms with Gasteiger partial charge in [0.15, 0.2) is 0 Å². The Kier molecular flexibility index (Phi) is 6.22. The highest BCUT2D eigenvalue weighted by Crippen LogP contribution is 2.32. The molecule has 0 spiro atoms. The number of hydrogen-bond acceptors (Lipinski definition) is 8. The Morgan fingerprint density at radius 1 is 0.742 bits per heavy atom. The van der Waals surface area contributed by atoms with Gasteiger partial charge < -0.3 is 10.2 Å². The van der Waals surface area contributed by atoms with Gasteiger partial charge in [-0.2, -0.15) is 0 Å². The molecule has 3 aromatic rings. The van der Waals surface area contributed by atoms with E-state index in [0.717, 1.165) is 18.2 Å². The molecule has 0 atom stereocenters. The van der Waals surface area contributed by atoms with Gasteiger partial charge in [-0.25, -0.2) is 0 Å². The van der Waals surface area contributed by atoms with Crippen molar-refractivity contribution in [2.45, 2.75) is 0 Å². The van der Waals surface area contributed by atoms with Crippen LogP contribution >= 0.6 is 11.6 Å². The maximum atomic E-state index is 10.9. The maximum absolute atomic E-state index is 10.9. The minimum atomic E-state index is -0.600. The van der Waals surface area contributed by atoms with Crippen LogP contribution in [0.3, 0.4) is 0 Å². The van der Waals surface area contributed by atoms with Crippen LogP contribution < -0.4 is 0 Å². The summed E-state index contributed by atoms with van der Waals surface area (Å²) < 4.78 is 0. The molecule has 0 radical (unpaired) electrons. The molecule has 0 saturated heterocycles. The standard InChI is InChI=1S/C20H13ClN4O6/c21-14-1-4-17(22-10-12-7-15(24(28)29)2-5-19(12)26)18(9-14)23-11-13-8-16(25(30)31)3-6-20(13)27/h1-11,26-27H. The molecule has 0 amide bonds. The molecule has 0 bridgehead atoms. The van der Waals surface area contributed by atoms with Crippen LogP contribution in [-0.4, -0.2) is 32.5 Å². The van der Waals surface area contributed by atoms with E-state index in [1.807, 2.05) is 0 Å². The Hall–Kier alpha value is -4.31. The van der Waals surface area contributed by atoms with Crippen molar-refractivity contribution in [2.24, 2.45) is 9.98 Å². The minimum absolute atomic E-state index is 0.112. The van der Waals surface area contributed by atoms with Gasteiger partial charge in [0.05, 0.1) is 21.2 Å². The van der Waals surface area contributed by atoms with Gasteiger partial charge in [-0.05, 0) is 30.3 Å². The van der Waals surface area contributed by atoms with Crippen LogP contribution in [0, 0.1) is 20.2 Å². The number of aliphatic imine (C=N–C) groups is 2. The predicted molar refractivity (Wildman–Crippen MR) is 115 cm³/mol. The van der Waals surface area contributed by atoms with E-state index in [9.17, 15) is 30.4 Å². The van der Waals surface area contributed by atoms with Gasteiger partial charge in [-0.15, -0.1) is 0 Å². The second-order valence-electron chi connectivity index (χ2n) is 6.15. The van der Waals surface area contributed by atoms with Gasteiger partial charge in [0.2, 0.25) is 0 Å². The number of aromatic hydroxyl groups is 2. The zero-order valence-corrected chi connectivity index (χ0v) is 16.3. The van der Waals surface area contributed by atoms with Crippen molar-refractivity contribution < 1.29 is 20.1 Å². The lowest BCUT2D eigenvalue weighted by molar-refractivity contribution is -0.385. The minimum Gasteiger partial charge on any atom is -0.507 e. The molecule has 0 unspecified atom stereocenters. The third-order valence-electron chi connectivity index (χ3n) is 4.07. The van der Waals surface area contributed by atoms with E-state index < -0.39 is 9.85 Å². The molecule has 0 aliphatic carbocycles. The summed E-state index contributed by atoms with van der Waals surface area (Å²) in [5.41, 5.74) is 0.367. The highest BCUT2D eigenvalue weighted by molar-refractivity contribution is 6.31. The quantitative estimate of drug-likeness (QED) is 0.310. The summed E-state index contributed by atoms with van der Waals surface area (Å²) in [7, 11) is 0. The Bertz CT molecular complexity index is 1240. The fraction of sp³-hybridized carbons (Fsp3) is 0. The molecule has 0 aliphatic heterocycles. The Morgan fingerprint density at radius 2 is 1.23 bits per heavy atom. The van der Waals surface area contributed by atoms with E-state index in [1.165, 1.54) is 42.8 Å². The van der Waals surface area contributed by atoms with E-state index in [0.29, 0.717) is 10.7 Å². The molecule has 11 heteroatoms. The van der Waals surface area contributed by atoms with Gasteiger partial charge in [-0.1, -0.05) is 11.6 Å². The maximum Gasteiger partial charge on any atom is 0.270 e. The molecule has 2 N–H and O–H groups in total. The van der Waals surface area contributed by atoms with Gasteiger partial charge in [0, 0.05) is 52.8 Å². The average molecular weight is 441 g/mol. The predicted octanol–water partition coefficient (Wildman–Crippen LogP) is 5.07. The summed E-state index contributed by atoms with van der Waals surface area (Å²) in [5.74, 6) is -0.405. The number of nitro groups is 2. The van der Waals surface area contributed by atoms with Crippen LogP contribution in [-0.2, 0) is 0 Å².